The molecule has 108 valence electrons. The van der Waals surface area contributed by atoms with Crippen LogP contribution in [0.25, 0.3) is 0 Å². The highest BCUT2D eigenvalue weighted by atomic mass is 15.2. The number of guanidine groups is 1. The number of nitrogens with zero attached hydrogens (tertiary/aromatic N) is 2. The number of terminal acetylenes is 1. The van der Waals surface area contributed by atoms with Crippen molar-refractivity contribution in [2.75, 3.05) is 34.2 Å². The molecule has 4 nitrogen and oxygen atoms in total. The van der Waals surface area contributed by atoms with Crippen LogP contribution in [0.3, 0.4) is 0 Å². The molecule has 2 N–H and O–H groups in total. The molecule has 1 unspecified atom stereocenters. The van der Waals surface area contributed by atoms with Crippen molar-refractivity contribution in [2.45, 2.75) is 38.1 Å². The van der Waals surface area contributed by atoms with Crippen LogP contribution in [-0.4, -0.2) is 51.1 Å². The summed E-state index contributed by atoms with van der Waals surface area (Å²) in [5.41, 5.74) is 0. The predicted octanol–water partition coefficient (Wildman–Crippen LogP) is 1.30. The standard InChI is InChI=1S/C15H28N4/c1-5-11-17-15(16-2)18-12-14(19(3)4)13-9-7-6-8-10-13/h1,13-14H,6-12H2,2-4H3,(H2,16,17,18). The third-order valence-electron chi connectivity index (χ3n) is 3.92. The minimum absolute atomic E-state index is 0.510. The fraction of sp³-hybridized carbons (Fsp3) is 0.800. The van der Waals surface area contributed by atoms with Crippen LogP contribution < -0.4 is 10.6 Å². The largest absolute Gasteiger partial charge is 0.355 e. The monoisotopic (exact) mass is 264 g/mol. The summed E-state index contributed by atoms with van der Waals surface area (Å²) < 4.78 is 0. The van der Waals surface area contributed by atoms with E-state index in [4.69, 9.17) is 6.42 Å². The van der Waals surface area contributed by atoms with Gasteiger partial charge in [0.2, 0.25) is 0 Å². The zero-order valence-corrected chi connectivity index (χ0v) is 12.6. The van der Waals surface area contributed by atoms with E-state index in [1.807, 2.05) is 0 Å². The van der Waals surface area contributed by atoms with Crippen LogP contribution in [0.5, 0.6) is 0 Å². The van der Waals surface area contributed by atoms with Crippen LogP contribution in [0.2, 0.25) is 0 Å². The van der Waals surface area contributed by atoms with E-state index in [0.29, 0.717) is 12.6 Å². The van der Waals surface area contributed by atoms with Crippen LogP contribution in [-0.2, 0) is 0 Å². The first-order valence-electron chi connectivity index (χ1n) is 7.23. The lowest BCUT2D eigenvalue weighted by Crippen LogP contribution is -2.48. The Bertz CT molecular complexity index is 311. The first kappa shape index (κ1) is 15.8. The maximum atomic E-state index is 5.25. The zero-order chi connectivity index (χ0) is 14.1. The third kappa shape index (κ3) is 5.52. The molecule has 0 heterocycles. The highest BCUT2D eigenvalue weighted by Gasteiger charge is 2.25. The second-order valence-corrected chi connectivity index (χ2v) is 5.44. The average Bonchev–Trinajstić information content (AvgIpc) is 2.43. The van der Waals surface area contributed by atoms with Crippen LogP contribution in [0.4, 0.5) is 0 Å². The van der Waals surface area contributed by atoms with Crippen molar-refractivity contribution >= 4 is 5.96 Å². The minimum atomic E-state index is 0.510. The normalized spacial score (nSPS) is 19.0. The summed E-state index contributed by atoms with van der Waals surface area (Å²) in [5, 5.41) is 6.49. The Labute approximate surface area is 118 Å². The number of hydrogen-bond donors (Lipinski definition) is 2. The van der Waals surface area contributed by atoms with Crippen molar-refractivity contribution in [3.05, 3.63) is 0 Å². The van der Waals surface area contributed by atoms with Gasteiger partial charge in [-0.3, -0.25) is 4.99 Å². The maximum Gasteiger partial charge on any atom is 0.191 e. The predicted molar refractivity (Wildman–Crippen MR) is 82.2 cm³/mol. The summed E-state index contributed by atoms with van der Waals surface area (Å²) in [6, 6.07) is 0.560. The Morgan fingerprint density at radius 1 is 1.32 bits per heavy atom. The van der Waals surface area contributed by atoms with Gasteiger partial charge in [-0.25, -0.2) is 0 Å². The molecule has 0 bridgehead atoms. The summed E-state index contributed by atoms with van der Waals surface area (Å²) >= 11 is 0. The van der Waals surface area contributed by atoms with Gasteiger partial charge in [-0.05, 0) is 32.9 Å². The number of nitrogens with one attached hydrogen (secondary N) is 2. The second kappa shape index (κ2) is 8.82. The molecule has 19 heavy (non-hydrogen) atoms. The summed E-state index contributed by atoms with van der Waals surface area (Å²) in [7, 11) is 6.11. The summed E-state index contributed by atoms with van der Waals surface area (Å²) in [5.74, 6) is 4.15. The molecule has 0 aromatic carbocycles. The molecule has 1 atom stereocenters. The van der Waals surface area contributed by atoms with Crippen molar-refractivity contribution in [1.82, 2.24) is 15.5 Å². The molecule has 0 amide bonds. The molecule has 0 aromatic heterocycles. The summed E-state index contributed by atoms with van der Waals surface area (Å²) in [6.07, 6.45) is 12.1. The highest BCUT2D eigenvalue weighted by Crippen LogP contribution is 2.27. The van der Waals surface area contributed by atoms with Crippen LogP contribution in [0.15, 0.2) is 4.99 Å². The lowest BCUT2D eigenvalue weighted by atomic mass is 9.83. The molecule has 0 aromatic rings. The van der Waals surface area contributed by atoms with Gasteiger partial charge >= 0.3 is 0 Å². The van der Waals surface area contributed by atoms with Gasteiger partial charge in [0.25, 0.3) is 0 Å². The fourth-order valence-corrected chi connectivity index (χ4v) is 2.85. The van der Waals surface area contributed by atoms with Gasteiger partial charge in [-0.1, -0.05) is 25.2 Å². The first-order chi connectivity index (χ1) is 9.19. The Morgan fingerprint density at radius 2 is 2.00 bits per heavy atom. The fourth-order valence-electron chi connectivity index (χ4n) is 2.85. The number of hydrogen-bond acceptors (Lipinski definition) is 2. The van der Waals surface area contributed by atoms with E-state index in [9.17, 15) is 0 Å². The van der Waals surface area contributed by atoms with Gasteiger partial charge < -0.3 is 15.5 Å². The SMILES string of the molecule is C#CCNC(=NC)NCC(C1CCCCC1)N(C)C. The van der Waals surface area contributed by atoms with Crippen molar-refractivity contribution in [1.29, 1.82) is 0 Å². The van der Waals surface area contributed by atoms with E-state index >= 15 is 0 Å². The summed E-state index contributed by atoms with van der Waals surface area (Å²) in [6.45, 7) is 1.43. The van der Waals surface area contributed by atoms with Crippen molar-refractivity contribution in [3.8, 4) is 12.3 Å². The van der Waals surface area contributed by atoms with Gasteiger partial charge in [0.1, 0.15) is 0 Å². The topological polar surface area (TPSA) is 39.7 Å². The molecule has 0 saturated heterocycles. The Morgan fingerprint density at radius 3 is 2.53 bits per heavy atom. The van der Waals surface area contributed by atoms with Crippen LogP contribution in [0.1, 0.15) is 32.1 Å². The molecule has 1 fully saturated rings. The highest BCUT2D eigenvalue weighted by molar-refractivity contribution is 5.79. The van der Waals surface area contributed by atoms with Gasteiger partial charge in [0, 0.05) is 19.6 Å². The van der Waals surface area contributed by atoms with Crippen LogP contribution in [0, 0.1) is 18.3 Å². The lowest BCUT2D eigenvalue weighted by molar-refractivity contribution is 0.171. The Hall–Kier alpha value is -1.21. The van der Waals surface area contributed by atoms with Crippen molar-refractivity contribution in [3.63, 3.8) is 0 Å². The van der Waals surface area contributed by atoms with E-state index in [0.717, 1.165) is 18.4 Å². The third-order valence-corrected chi connectivity index (χ3v) is 3.92. The molecule has 1 aliphatic rings. The van der Waals surface area contributed by atoms with E-state index in [1.54, 1.807) is 7.05 Å². The molecule has 1 aliphatic carbocycles. The molecule has 1 rings (SSSR count). The molecule has 1 saturated carbocycles. The molecule has 0 radical (unpaired) electrons. The second-order valence-electron chi connectivity index (χ2n) is 5.44. The molecular formula is C15H28N4. The molecule has 0 spiro atoms. The van der Waals surface area contributed by atoms with E-state index < -0.39 is 0 Å². The minimum Gasteiger partial charge on any atom is -0.355 e. The maximum absolute atomic E-state index is 5.25. The van der Waals surface area contributed by atoms with Gasteiger partial charge in [0.15, 0.2) is 5.96 Å². The molecule has 0 aliphatic heterocycles. The van der Waals surface area contributed by atoms with E-state index in [1.165, 1.54) is 32.1 Å². The summed E-state index contributed by atoms with van der Waals surface area (Å²) in [4.78, 5) is 6.51. The molecular weight excluding hydrogens is 236 g/mol. The quantitative estimate of drug-likeness (QED) is 0.447. The van der Waals surface area contributed by atoms with Gasteiger partial charge in [-0.15, -0.1) is 6.42 Å². The zero-order valence-electron chi connectivity index (χ0n) is 12.6. The number of likely N-dealkylation sites (N-methyl/N-ethyl adjacent to an activating group) is 1. The number of aliphatic imine (C=N–C) groups is 1. The Kier molecular flexibility index (Phi) is 7.35. The van der Waals surface area contributed by atoms with Gasteiger partial charge in [-0.2, -0.15) is 0 Å². The van der Waals surface area contributed by atoms with Crippen LogP contribution >= 0.6 is 0 Å². The van der Waals surface area contributed by atoms with Crippen molar-refractivity contribution < 1.29 is 0 Å². The van der Waals surface area contributed by atoms with E-state index in [2.05, 4.69) is 40.5 Å². The average molecular weight is 264 g/mol. The van der Waals surface area contributed by atoms with Gasteiger partial charge in [0.05, 0.1) is 6.54 Å². The molecule has 4 heteroatoms. The lowest BCUT2D eigenvalue weighted by Gasteiger charge is -2.35. The smallest absolute Gasteiger partial charge is 0.191 e. The Balaban J connectivity index is 2.46. The van der Waals surface area contributed by atoms with E-state index in [-0.39, 0.29) is 0 Å². The number of rotatable bonds is 5. The van der Waals surface area contributed by atoms with Crippen molar-refractivity contribution in [2.24, 2.45) is 10.9 Å². The first-order valence-corrected chi connectivity index (χ1v) is 7.23.